The summed E-state index contributed by atoms with van der Waals surface area (Å²) in [5.41, 5.74) is 0.824. The second-order valence-corrected chi connectivity index (χ2v) is 10.2. The highest BCUT2D eigenvalue weighted by Gasteiger charge is 2.33. The molecule has 2 aliphatic heterocycles. The van der Waals surface area contributed by atoms with Crippen molar-refractivity contribution in [3.05, 3.63) is 82.0 Å². The fraction of sp³-hybridized carbons (Fsp3) is 0.393. The smallest absolute Gasteiger partial charge is 0.260 e. The number of halogens is 3. The number of likely N-dealkylation sites (tertiary alicyclic amines) is 1. The molecule has 1 saturated heterocycles. The number of methoxy groups -OCH3 is 1. The number of hydrogen-bond acceptors (Lipinski definition) is 4. The van der Waals surface area contributed by atoms with Gasteiger partial charge in [-0.3, -0.25) is 9.36 Å². The van der Waals surface area contributed by atoms with Crippen LogP contribution < -0.4 is 10.3 Å². The Balaban J connectivity index is 1.93. The minimum absolute atomic E-state index is 0.0213. The summed E-state index contributed by atoms with van der Waals surface area (Å²) in [4.78, 5) is 16.3. The first-order valence-corrected chi connectivity index (χ1v) is 13.1. The number of aromatic nitrogens is 1. The Hall–Kier alpha value is -2.71. The van der Waals surface area contributed by atoms with Crippen LogP contribution in [-0.4, -0.2) is 42.0 Å². The third-order valence-electron chi connectivity index (χ3n) is 7.03. The van der Waals surface area contributed by atoms with Gasteiger partial charge in [0.05, 0.1) is 23.7 Å². The highest BCUT2D eigenvalue weighted by molar-refractivity contribution is 7.99. The van der Waals surface area contributed by atoms with E-state index in [4.69, 9.17) is 4.74 Å². The van der Waals surface area contributed by atoms with Crippen LogP contribution in [0.1, 0.15) is 36.4 Å². The molecule has 4 rings (SSSR count). The Morgan fingerprint density at radius 2 is 1.97 bits per heavy atom. The largest absolute Gasteiger partial charge is 0.494 e. The fourth-order valence-electron chi connectivity index (χ4n) is 5.14. The summed E-state index contributed by atoms with van der Waals surface area (Å²) in [6, 6.07) is 4.52. The molecule has 3 heterocycles. The Kier molecular flexibility index (Phi) is 8.15. The normalized spacial score (nSPS) is 18.5. The summed E-state index contributed by atoms with van der Waals surface area (Å²) in [6.07, 6.45) is 4.26. The average molecular weight is 517 g/mol. The molecular weight excluding hydrogens is 485 g/mol. The van der Waals surface area contributed by atoms with Gasteiger partial charge in [0, 0.05) is 29.9 Å². The third kappa shape index (κ3) is 4.93. The van der Waals surface area contributed by atoms with Crippen molar-refractivity contribution in [2.45, 2.75) is 43.7 Å². The van der Waals surface area contributed by atoms with Crippen molar-refractivity contribution in [2.24, 2.45) is 0 Å². The van der Waals surface area contributed by atoms with E-state index in [9.17, 15) is 13.6 Å². The van der Waals surface area contributed by atoms with Crippen LogP contribution >= 0.6 is 11.8 Å². The van der Waals surface area contributed by atoms with Crippen LogP contribution in [0, 0.1) is 12.7 Å². The highest BCUT2D eigenvalue weighted by atomic mass is 32.2. The van der Waals surface area contributed by atoms with Crippen molar-refractivity contribution >= 4 is 11.8 Å². The number of piperidine rings is 1. The van der Waals surface area contributed by atoms with E-state index in [1.807, 2.05) is 0 Å². The van der Waals surface area contributed by atoms with Gasteiger partial charge < -0.3 is 9.64 Å². The van der Waals surface area contributed by atoms with Crippen molar-refractivity contribution < 1.29 is 17.9 Å². The van der Waals surface area contributed by atoms with Gasteiger partial charge in [-0.2, -0.15) is 0 Å². The molecule has 36 heavy (non-hydrogen) atoms. The predicted octanol–water partition coefficient (Wildman–Crippen LogP) is 6.54. The topological polar surface area (TPSA) is 34.5 Å². The Labute approximate surface area is 214 Å². The molecule has 4 nitrogen and oxygen atoms in total. The maximum absolute atomic E-state index is 15.4. The molecule has 192 valence electrons. The molecule has 1 fully saturated rings. The molecule has 1 atom stereocenters. The SMILES string of the molecule is C=C/C(F)=C(/Cc1c(C)c(-c2cccc(OC)c2F)c(=O)n2c1SCC2CN1CCCCC1)C(=C)F. The monoisotopic (exact) mass is 516 g/mol. The number of nitrogens with zero attached hydrogens (tertiary/aromatic N) is 2. The predicted molar refractivity (Wildman–Crippen MR) is 140 cm³/mol. The maximum atomic E-state index is 15.4. The van der Waals surface area contributed by atoms with Crippen molar-refractivity contribution in [1.29, 1.82) is 0 Å². The second kappa shape index (κ2) is 11.1. The number of thioether (sulfide) groups is 1. The van der Waals surface area contributed by atoms with E-state index in [0.717, 1.165) is 32.0 Å². The van der Waals surface area contributed by atoms with Crippen LogP contribution in [0.25, 0.3) is 11.1 Å². The van der Waals surface area contributed by atoms with Gasteiger partial charge in [-0.1, -0.05) is 31.7 Å². The van der Waals surface area contributed by atoms with Gasteiger partial charge in [0.2, 0.25) is 0 Å². The molecule has 0 radical (unpaired) electrons. The van der Waals surface area contributed by atoms with E-state index in [2.05, 4.69) is 18.1 Å². The lowest BCUT2D eigenvalue weighted by Gasteiger charge is -2.30. The molecule has 1 aromatic heterocycles. The van der Waals surface area contributed by atoms with E-state index in [1.165, 1.54) is 37.4 Å². The molecule has 0 saturated carbocycles. The summed E-state index contributed by atoms with van der Waals surface area (Å²) >= 11 is 1.50. The van der Waals surface area contributed by atoms with Gasteiger partial charge in [-0.25, -0.2) is 13.2 Å². The first-order valence-electron chi connectivity index (χ1n) is 12.1. The molecule has 1 unspecified atom stereocenters. The van der Waals surface area contributed by atoms with Crippen LogP contribution in [-0.2, 0) is 6.42 Å². The molecule has 0 spiro atoms. The fourth-order valence-corrected chi connectivity index (χ4v) is 6.51. The molecule has 0 amide bonds. The van der Waals surface area contributed by atoms with Crippen molar-refractivity contribution in [1.82, 2.24) is 9.47 Å². The van der Waals surface area contributed by atoms with Gasteiger partial charge in [0.1, 0.15) is 11.7 Å². The number of rotatable bonds is 8. The molecule has 1 aromatic carbocycles. The zero-order chi connectivity index (χ0) is 26.0. The summed E-state index contributed by atoms with van der Waals surface area (Å²) in [5.74, 6) is -1.68. The number of pyridine rings is 1. The Morgan fingerprint density at radius 3 is 2.61 bits per heavy atom. The number of hydrogen-bond donors (Lipinski definition) is 0. The summed E-state index contributed by atoms with van der Waals surface area (Å²) in [5, 5.41) is 0.669. The zero-order valence-corrected chi connectivity index (χ0v) is 21.5. The maximum Gasteiger partial charge on any atom is 0.260 e. The zero-order valence-electron chi connectivity index (χ0n) is 20.7. The molecule has 2 aliphatic rings. The van der Waals surface area contributed by atoms with Crippen LogP contribution in [0.5, 0.6) is 5.75 Å². The molecule has 8 heteroatoms. The Bertz CT molecular complexity index is 1280. The number of fused-ring (bicyclic) bond motifs is 1. The summed E-state index contributed by atoms with van der Waals surface area (Å²) in [7, 11) is 1.36. The minimum atomic E-state index is -0.904. The van der Waals surface area contributed by atoms with E-state index >= 15 is 4.39 Å². The number of allylic oxidation sites excluding steroid dienone is 4. The highest BCUT2D eigenvalue weighted by Crippen LogP contribution is 2.41. The lowest BCUT2D eigenvalue weighted by Crippen LogP contribution is -2.38. The first kappa shape index (κ1) is 26.4. The van der Waals surface area contributed by atoms with E-state index < -0.39 is 17.5 Å². The number of ether oxygens (including phenoxy) is 1. The first-order chi connectivity index (χ1) is 17.3. The molecular formula is C28H31F3N2O2S. The molecule has 2 aromatic rings. The van der Waals surface area contributed by atoms with Gasteiger partial charge in [0.15, 0.2) is 11.6 Å². The van der Waals surface area contributed by atoms with Crippen LogP contribution in [0.15, 0.2) is 64.5 Å². The van der Waals surface area contributed by atoms with Gasteiger partial charge in [-0.15, -0.1) is 11.8 Å². The van der Waals surface area contributed by atoms with Gasteiger partial charge >= 0.3 is 0 Å². The van der Waals surface area contributed by atoms with E-state index in [-0.39, 0.29) is 40.5 Å². The molecule has 0 N–H and O–H groups in total. The average Bonchev–Trinajstić information content (AvgIpc) is 3.28. The number of benzene rings is 1. The Morgan fingerprint density at radius 1 is 1.25 bits per heavy atom. The van der Waals surface area contributed by atoms with E-state index in [1.54, 1.807) is 17.6 Å². The lowest BCUT2D eigenvalue weighted by atomic mass is 9.93. The lowest BCUT2D eigenvalue weighted by molar-refractivity contribution is 0.201. The summed E-state index contributed by atoms with van der Waals surface area (Å²) < 4.78 is 51.2. The molecule has 0 aliphatic carbocycles. The summed E-state index contributed by atoms with van der Waals surface area (Å²) in [6.45, 7) is 11.1. The quantitative estimate of drug-likeness (QED) is 0.373. The van der Waals surface area contributed by atoms with Crippen molar-refractivity contribution in [3.8, 4) is 16.9 Å². The second-order valence-electron chi connectivity index (χ2n) is 9.22. The van der Waals surface area contributed by atoms with Crippen LogP contribution in [0.4, 0.5) is 13.2 Å². The standard InChI is InChI=1S/C28H31F3N2O2S/c1-5-23(30)22(18(3)29)14-21-17(2)25(20-10-9-11-24(35-4)26(20)31)27(34)33-19(16-36-28(21)33)15-32-12-7-6-8-13-32/h5,9-11,19H,1,3,6-8,12-16H2,2,4H3/b23-22+. The van der Waals surface area contributed by atoms with E-state index in [0.29, 0.717) is 28.5 Å². The van der Waals surface area contributed by atoms with Crippen molar-refractivity contribution in [2.75, 3.05) is 32.5 Å². The molecule has 0 bridgehead atoms. The van der Waals surface area contributed by atoms with Crippen LogP contribution in [0.2, 0.25) is 0 Å². The minimum Gasteiger partial charge on any atom is -0.494 e. The van der Waals surface area contributed by atoms with Crippen molar-refractivity contribution in [3.63, 3.8) is 0 Å². The van der Waals surface area contributed by atoms with Gasteiger partial charge in [-0.05, 0) is 56.1 Å². The third-order valence-corrected chi connectivity index (χ3v) is 8.30. The van der Waals surface area contributed by atoms with Gasteiger partial charge in [0.25, 0.3) is 5.56 Å². The van der Waals surface area contributed by atoms with Crippen LogP contribution in [0.3, 0.4) is 0 Å².